The highest BCUT2D eigenvalue weighted by Gasteiger charge is 2.13. The highest BCUT2D eigenvalue weighted by atomic mass is 35.5. The Bertz CT molecular complexity index is 338. The van der Waals surface area contributed by atoms with Crippen LogP contribution in [0.3, 0.4) is 0 Å². The van der Waals surface area contributed by atoms with Crippen LogP contribution in [0.2, 0.25) is 5.02 Å². The molecular formula is C7H7ClN2O2. The monoisotopic (exact) mass is 186 g/mol. The van der Waals surface area contributed by atoms with E-state index in [-0.39, 0.29) is 5.69 Å². The van der Waals surface area contributed by atoms with Crippen LogP contribution >= 0.6 is 11.6 Å². The normalized spacial score (nSPS) is 9.83. The zero-order valence-electron chi connectivity index (χ0n) is 6.37. The number of nitrogen functional groups attached to an aromatic ring is 1. The van der Waals surface area contributed by atoms with Gasteiger partial charge in [-0.05, 0) is 13.0 Å². The number of hydrogen-bond acceptors (Lipinski definition) is 3. The lowest BCUT2D eigenvalue weighted by molar-refractivity contribution is -0.385. The van der Waals surface area contributed by atoms with Crippen molar-refractivity contribution in [1.82, 2.24) is 0 Å². The Morgan fingerprint density at radius 3 is 2.67 bits per heavy atom. The van der Waals surface area contributed by atoms with Gasteiger partial charge in [0.15, 0.2) is 0 Å². The van der Waals surface area contributed by atoms with Gasteiger partial charge < -0.3 is 5.73 Å². The van der Waals surface area contributed by atoms with E-state index in [1.807, 2.05) is 0 Å². The first kappa shape index (κ1) is 8.80. The number of hydrogen-bond donors (Lipinski definition) is 1. The Hall–Kier alpha value is -1.29. The molecule has 2 N–H and O–H groups in total. The first-order valence-corrected chi connectivity index (χ1v) is 3.60. The summed E-state index contributed by atoms with van der Waals surface area (Å²) >= 11 is 5.68. The van der Waals surface area contributed by atoms with Gasteiger partial charge in [-0.2, -0.15) is 0 Å². The summed E-state index contributed by atoms with van der Waals surface area (Å²) in [6.45, 7) is 1.58. The summed E-state index contributed by atoms with van der Waals surface area (Å²) in [5.41, 5.74) is 6.08. The molecule has 0 aliphatic heterocycles. The van der Waals surface area contributed by atoms with E-state index in [1.54, 1.807) is 6.92 Å². The molecule has 5 heteroatoms. The molecule has 12 heavy (non-hydrogen) atoms. The van der Waals surface area contributed by atoms with E-state index in [0.29, 0.717) is 16.3 Å². The van der Waals surface area contributed by atoms with Crippen molar-refractivity contribution in [3.8, 4) is 0 Å². The summed E-state index contributed by atoms with van der Waals surface area (Å²) < 4.78 is 0. The standard InChI is InChI=1S/C7H7ClN2O2/c1-4-6(8)2-5(9)3-7(4)10(11)12/h2-3H,9H2,1H3. The van der Waals surface area contributed by atoms with Crippen LogP contribution in [0.5, 0.6) is 0 Å². The van der Waals surface area contributed by atoms with Gasteiger partial charge in [0.2, 0.25) is 0 Å². The minimum atomic E-state index is -0.502. The molecule has 0 saturated heterocycles. The molecule has 1 rings (SSSR count). The van der Waals surface area contributed by atoms with Crippen LogP contribution in [0.25, 0.3) is 0 Å². The van der Waals surface area contributed by atoms with Gasteiger partial charge >= 0.3 is 0 Å². The van der Waals surface area contributed by atoms with Gasteiger partial charge in [-0.3, -0.25) is 10.1 Å². The quantitative estimate of drug-likeness (QED) is 0.415. The van der Waals surface area contributed by atoms with Crippen LogP contribution < -0.4 is 5.73 Å². The van der Waals surface area contributed by atoms with Crippen LogP contribution in [0, 0.1) is 17.0 Å². The van der Waals surface area contributed by atoms with Gasteiger partial charge in [0.25, 0.3) is 5.69 Å². The molecule has 4 nitrogen and oxygen atoms in total. The number of nitro benzene ring substituents is 1. The number of halogens is 1. The topological polar surface area (TPSA) is 69.2 Å². The zero-order valence-corrected chi connectivity index (χ0v) is 7.13. The van der Waals surface area contributed by atoms with Gasteiger partial charge in [0, 0.05) is 17.3 Å². The molecule has 64 valence electrons. The fourth-order valence-corrected chi connectivity index (χ4v) is 1.10. The van der Waals surface area contributed by atoms with Crippen LogP contribution in [-0.2, 0) is 0 Å². The van der Waals surface area contributed by atoms with Crippen molar-refractivity contribution in [2.45, 2.75) is 6.92 Å². The molecule has 0 radical (unpaired) electrons. The van der Waals surface area contributed by atoms with Crippen molar-refractivity contribution in [3.05, 3.63) is 32.8 Å². The Morgan fingerprint density at radius 2 is 2.17 bits per heavy atom. The van der Waals surface area contributed by atoms with Crippen LogP contribution in [0.4, 0.5) is 11.4 Å². The number of nitro groups is 1. The number of benzene rings is 1. The molecule has 0 amide bonds. The lowest BCUT2D eigenvalue weighted by Gasteiger charge is -2.00. The third-order valence-corrected chi connectivity index (χ3v) is 1.93. The average molecular weight is 187 g/mol. The smallest absolute Gasteiger partial charge is 0.275 e. The largest absolute Gasteiger partial charge is 0.398 e. The van der Waals surface area contributed by atoms with Crippen molar-refractivity contribution >= 4 is 23.0 Å². The highest BCUT2D eigenvalue weighted by molar-refractivity contribution is 6.31. The third-order valence-electron chi connectivity index (χ3n) is 1.54. The maximum atomic E-state index is 10.4. The molecule has 1 aromatic carbocycles. The Morgan fingerprint density at radius 1 is 1.58 bits per heavy atom. The van der Waals surface area contributed by atoms with Crippen molar-refractivity contribution in [2.24, 2.45) is 0 Å². The van der Waals surface area contributed by atoms with Gasteiger partial charge in [0.05, 0.1) is 9.95 Å². The van der Waals surface area contributed by atoms with Gasteiger partial charge in [-0.1, -0.05) is 11.6 Å². The second-order valence-corrected chi connectivity index (χ2v) is 2.81. The summed E-state index contributed by atoms with van der Waals surface area (Å²) in [7, 11) is 0. The average Bonchev–Trinajstić information content (AvgIpc) is 1.96. The molecular weight excluding hydrogens is 180 g/mol. The Kier molecular flexibility index (Phi) is 2.19. The maximum Gasteiger partial charge on any atom is 0.275 e. The number of nitrogens with two attached hydrogens (primary N) is 1. The van der Waals surface area contributed by atoms with Gasteiger partial charge in [-0.15, -0.1) is 0 Å². The van der Waals surface area contributed by atoms with Crippen LogP contribution in [-0.4, -0.2) is 4.92 Å². The van der Waals surface area contributed by atoms with Crippen molar-refractivity contribution < 1.29 is 4.92 Å². The lowest BCUT2D eigenvalue weighted by Crippen LogP contribution is -1.94. The Labute approximate surface area is 74.1 Å². The summed E-state index contributed by atoms with van der Waals surface area (Å²) in [6, 6.07) is 2.78. The number of rotatable bonds is 1. The minimum Gasteiger partial charge on any atom is -0.398 e. The molecule has 0 unspecified atom stereocenters. The van der Waals surface area contributed by atoms with Crippen molar-refractivity contribution in [2.75, 3.05) is 5.73 Å². The van der Waals surface area contributed by atoms with Gasteiger partial charge in [0.1, 0.15) is 0 Å². The molecule has 0 atom stereocenters. The predicted octanol–water partition coefficient (Wildman–Crippen LogP) is 2.14. The molecule has 0 spiro atoms. The summed E-state index contributed by atoms with van der Waals surface area (Å²) in [4.78, 5) is 9.92. The van der Waals surface area contributed by atoms with E-state index < -0.39 is 4.92 Å². The molecule has 0 fully saturated rings. The second-order valence-electron chi connectivity index (χ2n) is 2.40. The van der Waals surface area contributed by atoms with E-state index in [9.17, 15) is 10.1 Å². The molecule has 0 aromatic heterocycles. The first-order chi connectivity index (χ1) is 5.52. The lowest BCUT2D eigenvalue weighted by atomic mass is 10.2. The summed E-state index contributed by atoms with van der Waals surface area (Å²) in [5, 5.41) is 10.7. The van der Waals surface area contributed by atoms with Crippen LogP contribution in [0.1, 0.15) is 5.56 Å². The second kappa shape index (κ2) is 2.98. The van der Waals surface area contributed by atoms with E-state index in [0.717, 1.165) is 0 Å². The van der Waals surface area contributed by atoms with Crippen molar-refractivity contribution in [1.29, 1.82) is 0 Å². The molecule has 0 heterocycles. The molecule has 0 saturated carbocycles. The summed E-state index contributed by atoms with van der Waals surface area (Å²) in [6.07, 6.45) is 0. The SMILES string of the molecule is Cc1c(Cl)cc(N)cc1[N+](=O)[O-]. The van der Waals surface area contributed by atoms with E-state index >= 15 is 0 Å². The van der Waals surface area contributed by atoms with Gasteiger partial charge in [-0.25, -0.2) is 0 Å². The number of nitrogens with zero attached hydrogens (tertiary/aromatic N) is 1. The van der Waals surface area contributed by atoms with Crippen molar-refractivity contribution in [3.63, 3.8) is 0 Å². The maximum absolute atomic E-state index is 10.4. The molecule has 0 aliphatic carbocycles. The first-order valence-electron chi connectivity index (χ1n) is 3.22. The zero-order chi connectivity index (χ0) is 9.30. The van der Waals surface area contributed by atoms with E-state index in [4.69, 9.17) is 17.3 Å². The fraction of sp³-hybridized carbons (Fsp3) is 0.143. The Balaban J connectivity index is 3.37. The molecule has 0 bridgehead atoms. The van der Waals surface area contributed by atoms with Crippen LogP contribution in [0.15, 0.2) is 12.1 Å². The van der Waals surface area contributed by atoms with E-state index in [2.05, 4.69) is 0 Å². The number of anilines is 1. The van der Waals surface area contributed by atoms with E-state index in [1.165, 1.54) is 12.1 Å². The highest BCUT2D eigenvalue weighted by Crippen LogP contribution is 2.28. The minimum absolute atomic E-state index is 0.0417. The molecule has 1 aromatic rings. The fourth-order valence-electron chi connectivity index (χ4n) is 0.874. The summed E-state index contributed by atoms with van der Waals surface area (Å²) in [5.74, 6) is 0. The third kappa shape index (κ3) is 1.48. The molecule has 0 aliphatic rings. The predicted molar refractivity (Wildman–Crippen MR) is 47.3 cm³/mol.